The SMILES string of the molecule is CC(C)C(C)(C)CNC(=O)Nc1ccc(CC(=O)O)nc1. The van der Waals surface area contributed by atoms with Crippen LogP contribution in [0.1, 0.15) is 33.4 Å². The maximum Gasteiger partial charge on any atom is 0.319 e. The monoisotopic (exact) mass is 293 g/mol. The average molecular weight is 293 g/mol. The third kappa shape index (κ3) is 5.81. The Morgan fingerprint density at radius 3 is 2.48 bits per heavy atom. The summed E-state index contributed by atoms with van der Waals surface area (Å²) in [6, 6.07) is 2.93. The van der Waals surface area contributed by atoms with Crippen molar-refractivity contribution >= 4 is 17.7 Å². The number of carbonyl (C=O) groups excluding carboxylic acids is 1. The zero-order valence-corrected chi connectivity index (χ0v) is 12.9. The van der Waals surface area contributed by atoms with Crippen molar-refractivity contribution in [1.82, 2.24) is 10.3 Å². The molecule has 0 saturated carbocycles. The van der Waals surface area contributed by atoms with Crippen molar-refractivity contribution in [1.29, 1.82) is 0 Å². The minimum absolute atomic E-state index is 0.0148. The summed E-state index contributed by atoms with van der Waals surface area (Å²) in [6.07, 6.45) is 1.32. The largest absolute Gasteiger partial charge is 0.481 e. The topological polar surface area (TPSA) is 91.3 Å². The van der Waals surface area contributed by atoms with Crippen molar-refractivity contribution in [2.75, 3.05) is 11.9 Å². The predicted molar refractivity (Wildman–Crippen MR) is 81.2 cm³/mol. The first kappa shape index (κ1) is 16.9. The molecule has 1 rings (SSSR count). The van der Waals surface area contributed by atoms with E-state index in [0.29, 0.717) is 23.8 Å². The van der Waals surface area contributed by atoms with Gasteiger partial charge in [0.25, 0.3) is 0 Å². The van der Waals surface area contributed by atoms with Crippen LogP contribution in [0.3, 0.4) is 0 Å². The number of aliphatic carboxylic acids is 1. The Morgan fingerprint density at radius 2 is 2.00 bits per heavy atom. The molecule has 2 amide bonds. The molecule has 116 valence electrons. The minimum atomic E-state index is -0.933. The van der Waals surface area contributed by atoms with Crippen molar-refractivity contribution in [3.63, 3.8) is 0 Å². The van der Waals surface area contributed by atoms with E-state index < -0.39 is 5.97 Å². The number of carboxylic acid groups (broad SMARTS) is 1. The van der Waals surface area contributed by atoms with Crippen LogP contribution in [0, 0.1) is 11.3 Å². The van der Waals surface area contributed by atoms with E-state index in [1.54, 1.807) is 12.1 Å². The molecule has 0 unspecified atom stereocenters. The van der Waals surface area contributed by atoms with E-state index in [0.717, 1.165) is 0 Å². The molecule has 0 atom stereocenters. The Morgan fingerprint density at radius 1 is 1.33 bits per heavy atom. The highest BCUT2D eigenvalue weighted by atomic mass is 16.4. The first-order valence-corrected chi connectivity index (χ1v) is 6.92. The zero-order chi connectivity index (χ0) is 16.0. The lowest BCUT2D eigenvalue weighted by Gasteiger charge is -2.29. The van der Waals surface area contributed by atoms with E-state index in [1.807, 2.05) is 0 Å². The molecule has 6 nitrogen and oxygen atoms in total. The van der Waals surface area contributed by atoms with Gasteiger partial charge in [-0.2, -0.15) is 0 Å². The highest BCUT2D eigenvalue weighted by Gasteiger charge is 2.22. The van der Waals surface area contributed by atoms with Crippen molar-refractivity contribution in [2.24, 2.45) is 11.3 Å². The van der Waals surface area contributed by atoms with Gasteiger partial charge in [-0.1, -0.05) is 27.7 Å². The number of urea groups is 1. The van der Waals surface area contributed by atoms with Crippen LogP contribution in [0.4, 0.5) is 10.5 Å². The van der Waals surface area contributed by atoms with Gasteiger partial charge in [0, 0.05) is 6.54 Å². The number of carboxylic acids is 1. The molecule has 0 bridgehead atoms. The molecule has 0 fully saturated rings. The molecule has 0 spiro atoms. The molecule has 0 aliphatic carbocycles. The third-order valence-corrected chi connectivity index (χ3v) is 3.68. The Balaban J connectivity index is 2.50. The Bertz CT molecular complexity index is 495. The number of pyridine rings is 1. The van der Waals surface area contributed by atoms with Gasteiger partial charge in [0.05, 0.1) is 24.0 Å². The number of anilines is 1. The van der Waals surface area contributed by atoms with Gasteiger partial charge in [-0.25, -0.2) is 4.79 Å². The van der Waals surface area contributed by atoms with Crippen molar-refractivity contribution < 1.29 is 14.7 Å². The summed E-state index contributed by atoms with van der Waals surface area (Å²) >= 11 is 0. The van der Waals surface area contributed by atoms with Crippen molar-refractivity contribution in [2.45, 2.75) is 34.1 Å². The third-order valence-electron chi connectivity index (χ3n) is 3.68. The fourth-order valence-electron chi connectivity index (χ4n) is 1.45. The van der Waals surface area contributed by atoms with Crippen LogP contribution in [0.2, 0.25) is 0 Å². The highest BCUT2D eigenvalue weighted by Crippen LogP contribution is 2.24. The fourth-order valence-corrected chi connectivity index (χ4v) is 1.45. The maximum absolute atomic E-state index is 11.8. The molecule has 0 aliphatic rings. The number of aromatic nitrogens is 1. The normalized spacial score (nSPS) is 11.3. The number of nitrogens with one attached hydrogen (secondary N) is 2. The van der Waals surface area contributed by atoms with E-state index in [1.165, 1.54) is 6.20 Å². The first-order valence-electron chi connectivity index (χ1n) is 6.92. The first-order chi connectivity index (χ1) is 9.70. The molecule has 1 aromatic heterocycles. The highest BCUT2D eigenvalue weighted by molar-refractivity contribution is 5.89. The van der Waals surface area contributed by atoms with E-state index >= 15 is 0 Å². The molecule has 6 heteroatoms. The van der Waals surface area contributed by atoms with Crippen LogP contribution >= 0.6 is 0 Å². The minimum Gasteiger partial charge on any atom is -0.481 e. The molecule has 3 N–H and O–H groups in total. The fraction of sp³-hybridized carbons (Fsp3) is 0.533. The number of amides is 2. The van der Waals surface area contributed by atoms with E-state index in [4.69, 9.17) is 5.11 Å². The van der Waals surface area contributed by atoms with Crippen LogP contribution in [0.15, 0.2) is 18.3 Å². The van der Waals surface area contributed by atoms with Crippen LogP contribution in [0.5, 0.6) is 0 Å². The Kier molecular flexibility index (Phi) is 5.69. The lowest BCUT2D eigenvalue weighted by atomic mass is 9.81. The summed E-state index contributed by atoms with van der Waals surface area (Å²) in [5, 5.41) is 14.2. The van der Waals surface area contributed by atoms with Gasteiger partial charge in [0.2, 0.25) is 0 Å². The van der Waals surface area contributed by atoms with E-state index in [2.05, 4.69) is 43.3 Å². The number of nitrogens with zero attached hydrogens (tertiary/aromatic N) is 1. The van der Waals surface area contributed by atoms with Gasteiger partial charge in [0.15, 0.2) is 0 Å². The summed E-state index contributed by atoms with van der Waals surface area (Å²) < 4.78 is 0. The molecular weight excluding hydrogens is 270 g/mol. The molecular formula is C15H23N3O3. The Labute approximate surface area is 125 Å². The number of hydrogen-bond acceptors (Lipinski definition) is 3. The number of rotatable bonds is 6. The molecule has 0 aliphatic heterocycles. The van der Waals surface area contributed by atoms with Gasteiger partial charge in [-0.05, 0) is 23.5 Å². The number of carbonyl (C=O) groups is 2. The Hall–Kier alpha value is -2.11. The predicted octanol–water partition coefficient (Wildman–Crippen LogP) is 2.51. The van der Waals surface area contributed by atoms with Gasteiger partial charge in [-0.15, -0.1) is 0 Å². The van der Waals surface area contributed by atoms with Gasteiger partial charge >= 0.3 is 12.0 Å². The second kappa shape index (κ2) is 7.06. The smallest absolute Gasteiger partial charge is 0.319 e. The quantitative estimate of drug-likeness (QED) is 0.751. The lowest BCUT2D eigenvalue weighted by molar-refractivity contribution is -0.136. The summed E-state index contributed by atoms with van der Waals surface area (Å²) in [5.74, 6) is -0.480. The summed E-state index contributed by atoms with van der Waals surface area (Å²) in [5.41, 5.74) is 0.999. The summed E-state index contributed by atoms with van der Waals surface area (Å²) in [4.78, 5) is 26.3. The molecule has 1 heterocycles. The molecule has 1 aromatic rings. The van der Waals surface area contributed by atoms with E-state index in [9.17, 15) is 9.59 Å². The van der Waals surface area contributed by atoms with E-state index in [-0.39, 0.29) is 17.9 Å². The molecule has 0 radical (unpaired) electrons. The lowest BCUT2D eigenvalue weighted by Crippen LogP contribution is -2.39. The van der Waals surface area contributed by atoms with Crippen LogP contribution in [0.25, 0.3) is 0 Å². The molecule has 21 heavy (non-hydrogen) atoms. The van der Waals surface area contributed by atoms with Crippen LogP contribution < -0.4 is 10.6 Å². The average Bonchev–Trinajstić information content (AvgIpc) is 2.38. The van der Waals surface area contributed by atoms with Gasteiger partial charge in [-0.3, -0.25) is 9.78 Å². The van der Waals surface area contributed by atoms with Crippen molar-refractivity contribution in [3.05, 3.63) is 24.0 Å². The second-order valence-corrected chi connectivity index (χ2v) is 6.06. The van der Waals surface area contributed by atoms with Crippen LogP contribution in [-0.4, -0.2) is 28.6 Å². The number of hydrogen-bond donors (Lipinski definition) is 3. The summed E-state index contributed by atoms with van der Waals surface area (Å²) in [7, 11) is 0. The maximum atomic E-state index is 11.8. The van der Waals surface area contributed by atoms with Crippen molar-refractivity contribution in [3.8, 4) is 0 Å². The summed E-state index contributed by atoms with van der Waals surface area (Å²) in [6.45, 7) is 9.00. The van der Waals surface area contributed by atoms with Crippen LogP contribution in [-0.2, 0) is 11.2 Å². The molecule has 0 saturated heterocycles. The zero-order valence-electron chi connectivity index (χ0n) is 12.9. The second-order valence-electron chi connectivity index (χ2n) is 6.06. The van der Waals surface area contributed by atoms with Gasteiger partial charge < -0.3 is 15.7 Å². The van der Waals surface area contributed by atoms with Gasteiger partial charge in [0.1, 0.15) is 0 Å². The standard InChI is InChI=1S/C15H23N3O3/c1-10(2)15(3,4)9-17-14(21)18-12-6-5-11(16-8-12)7-13(19)20/h5-6,8,10H,7,9H2,1-4H3,(H,19,20)(H2,17,18,21). The molecule has 0 aromatic carbocycles.